The summed E-state index contributed by atoms with van der Waals surface area (Å²) in [5.74, 6) is 1.28. The Morgan fingerprint density at radius 3 is 1.12 bits per heavy atom. The number of ether oxygens (including phenoxy) is 2. The monoisotopic (exact) mass is 864 g/mol. The lowest BCUT2D eigenvalue weighted by Gasteiger charge is -2.14. The van der Waals surface area contributed by atoms with Crippen LogP contribution in [-0.2, 0) is 0 Å². The van der Waals surface area contributed by atoms with Crippen LogP contribution < -0.4 is 9.47 Å². The standard InChI is InChI=1S/C54H36N6O6/c1-65-47-29-15-31-7-3-5-9-37(31)51(47)53-43-25-21-39(55-43)49(33-11-17-35(18-12-33)59(61)62)41-23-27-45(57-41)54(52-38-10-6-4-8-32(38)16-30-48(52)66-2)46-28-24-42(58-46)50(40-22-26-44(53)56-40)34-13-19-36(20-14-34)60(63)64/h3-30,55,58H,1-2H3. The van der Waals surface area contributed by atoms with Gasteiger partial charge in [-0.05, 0) is 118 Å². The minimum absolute atomic E-state index is 0.0289. The molecule has 0 aliphatic carbocycles. The second-order valence-electron chi connectivity index (χ2n) is 15.8. The van der Waals surface area contributed by atoms with Gasteiger partial charge in [-0.15, -0.1) is 0 Å². The van der Waals surface area contributed by atoms with Gasteiger partial charge in [0, 0.05) is 79.7 Å². The maximum Gasteiger partial charge on any atom is 0.269 e. The van der Waals surface area contributed by atoms with Crippen LogP contribution in [0.5, 0.6) is 11.5 Å². The van der Waals surface area contributed by atoms with Gasteiger partial charge in [-0.3, -0.25) is 20.2 Å². The van der Waals surface area contributed by atoms with Crippen molar-refractivity contribution in [3.05, 3.63) is 189 Å². The summed E-state index contributed by atoms with van der Waals surface area (Å²) in [5.41, 5.74) is 11.4. The van der Waals surface area contributed by atoms with Crippen molar-refractivity contribution in [3.63, 3.8) is 0 Å². The maximum absolute atomic E-state index is 11.9. The third-order valence-corrected chi connectivity index (χ3v) is 12.2. The molecule has 12 nitrogen and oxygen atoms in total. The number of hydrogen-bond acceptors (Lipinski definition) is 8. The van der Waals surface area contributed by atoms with Gasteiger partial charge >= 0.3 is 0 Å². The van der Waals surface area contributed by atoms with E-state index in [0.717, 1.165) is 66.0 Å². The average Bonchev–Trinajstić information content (AvgIpc) is 4.20. The van der Waals surface area contributed by atoms with Crippen molar-refractivity contribution in [2.75, 3.05) is 14.2 Å². The fourth-order valence-electron chi connectivity index (χ4n) is 9.20. The average molecular weight is 865 g/mol. The van der Waals surface area contributed by atoms with Crippen LogP contribution in [0, 0.1) is 20.2 Å². The molecule has 9 aromatic rings. The molecular weight excluding hydrogens is 829 g/mol. The fraction of sp³-hybridized carbons (Fsp3) is 0.0370. The Morgan fingerprint density at radius 2 is 0.758 bits per heavy atom. The van der Waals surface area contributed by atoms with Gasteiger partial charge in [-0.1, -0.05) is 60.7 Å². The van der Waals surface area contributed by atoms with Crippen molar-refractivity contribution in [1.29, 1.82) is 0 Å². The molecule has 0 unspecified atom stereocenters. The van der Waals surface area contributed by atoms with Crippen LogP contribution >= 0.6 is 0 Å². The lowest BCUT2D eigenvalue weighted by atomic mass is 9.96. The molecule has 0 spiro atoms. The molecule has 0 amide bonds. The molecule has 3 aromatic heterocycles. The highest BCUT2D eigenvalue weighted by Crippen LogP contribution is 2.45. The summed E-state index contributed by atoms with van der Waals surface area (Å²) in [6.45, 7) is 0. The van der Waals surface area contributed by atoms with Crippen LogP contribution in [-0.4, -0.2) is 44.0 Å². The van der Waals surface area contributed by atoms with Gasteiger partial charge in [0.05, 0.1) is 46.8 Å². The number of nitrogens with one attached hydrogen (secondary N) is 2. The summed E-state index contributed by atoms with van der Waals surface area (Å²) in [5, 5.41) is 27.6. The zero-order valence-corrected chi connectivity index (χ0v) is 35.4. The first kappa shape index (κ1) is 39.7. The number of non-ortho nitro benzene ring substituents is 2. The molecule has 2 aliphatic rings. The van der Waals surface area contributed by atoms with Gasteiger partial charge in [-0.25, -0.2) is 9.97 Å². The minimum atomic E-state index is -0.410. The summed E-state index contributed by atoms with van der Waals surface area (Å²) in [6, 6.07) is 45.1. The molecule has 0 saturated carbocycles. The SMILES string of the molecule is COc1ccc2ccccc2c1-c1c2nc(c(-c3ccc([N+](=O)[O-])cc3)c3ccc([nH]3)c(-c3c(OC)ccc4ccccc34)c3nc(c(-c4ccc([N+](=O)[O-])cc4)c4ccc1[nH]4)C=C3)C=C2. The number of rotatable bonds is 8. The molecule has 2 N–H and O–H groups in total. The largest absolute Gasteiger partial charge is 0.496 e. The van der Waals surface area contributed by atoms with E-state index in [4.69, 9.17) is 19.4 Å². The van der Waals surface area contributed by atoms with Crippen molar-refractivity contribution < 1.29 is 19.3 Å². The van der Waals surface area contributed by atoms with Crippen LogP contribution in [0.25, 0.3) is 112 Å². The number of nitro benzene ring substituents is 2. The summed E-state index contributed by atoms with van der Waals surface area (Å²) in [7, 11) is 3.30. The molecule has 0 fully saturated rings. The molecule has 5 heterocycles. The molecule has 2 aliphatic heterocycles. The van der Waals surface area contributed by atoms with E-state index in [2.05, 4.69) is 34.2 Å². The summed E-state index contributed by atoms with van der Waals surface area (Å²) < 4.78 is 12.2. The van der Waals surface area contributed by atoms with Crippen LogP contribution in [0.4, 0.5) is 11.4 Å². The van der Waals surface area contributed by atoms with E-state index in [1.165, 1.54) is 24.3 Å². The first-order valence-corrected chi connectivity index (χ1v) is 21.1. The second kappa shape index (κ2) is 15.9. The molecule has 0 radical (unpaired) electrons. The van der Waals surface area contributed by atoms with E-state index >= 15 is 0 Å². The van der Waals surface area contributed by atoms with Gasteiger partial charge in [0.2, 0.25) is 0 Å². The number of methoxy groups -OCH3 is 2. The normalized spacial score (nSPS) is 11.9. The highest BCUT2D eigenvalue weighted by molar-refractivity contribution is 6.09. The lowest BCUT2D eigenvalue weighted by molar-refractivity contribution is -0.385. The number of aromatic nitrogens is 4. The van der Waals surface area contributed by atoms with Crippen molar-refractivity contribution in [2.24, 2.45) is 0 Å². The molecule has 66 heavy (non-hydrogen) atoms. The summed E-state index contributed by atoms with van der Waals surface area (Å²) >= 11 is 0. The Hall–Kier alpha value is -9.16. The van der Waals surface area contributed by atoms with Crippen molar-refractivity contribution >= 4 is 79.3 Å². The second-order valence-corrected chi connectivity index (χ2v) is 15.8. The first-order valence-electron chi connectivity index (χ1n) is 21.1. The Bertz CT molecular complexity index is 3490. The van der Waals surface area contributed by atoms with Crippen LogP contribution in [0.2, 0.25) is 0 Å². The van der Waals surface area contributed by atoms with E-state index in [1.807, 2.05) is 97.1 Å². The van der Waals surface area contributed by atoms with Gasteiger partial charge in [0.15, 0.2) is 0 Å². The number of aromatic amines is 2. The Labute approximate surface area is 376 Å². The fourth-order valence-corrected chi connectivity index (χ4v) is 9.20. The predicted octanol–water partition coefficient (Wildman–Crippen LogP) is 13.5. The molecule has 0 atom stereocenters. The molecule has 6 aromatic carbocycles. The molecule has 318 valence electrons. The third kappa shape index (κ3) is 6.63. The van der Waals surface area contributed by atoms with Gasteiger partial charge in [-0.2, -0.15) is 0 Å². The van der Waals surface area contributed by atoms with Gasteiger partial charge in [0.25, 0.3) is 11.4 Å². The number of nitrogens with zero attached hydrogens (tertiary/aromatic N) is 4. The van der Waals surface area contributed by atoms with Gasteiger partial charge in [0.1, 0.15) is 11.5 Å². The topological polar surface area (TPSA) is 162 Å². The van der Waals surface area contributed by atoms with Crippen LogP contribution in [0.15, 0.2) is 146 Å². The molecular formula is C54H36N6O6. The number of hydrogen-bond donors (Lipinski definition) is 2. The third-order valence-electron chi connectivity index (χ3n) is 12.2. The van der Waals surface area contributed by atoms with E-state index in [1.54, 1.807) is 38.5 Å². The smallest absolute Gasteiger partial charge is 0.269 e. The highest BCUT2D eigenvalue weighted by atomic mass is 16.6. The van der Waals surface area contributed by atoms with E-state index in [-0.39, 0.29) is 11.4 Å². The number of H-pyrrole nitrogens is 2. The Balaban J connectivity index is 1.34. The molecule has 11 rings (SSSR count). The number of fused-ring (bicyclic) bond motifs is 10. The molecule has 12 heteroatoms. The predicted molar refractivity (Wildman–Crippen MR) is 262 cm³/mol. The highest BCUT2D eigenvalue weighted by Gasteiger charge is 2.24. The number of nitro groups is 2. The van der Waals surface area contributed by atoms with Crippen molar-refractivity contribution in [1.82, 2.24) is 19.9 Å². The Morgan fingerprint density at radius 1 is 0.409 bits per heavy atom. The lowest BCUT2D eigenvalue weighted by Crippen LogP contribution is -1.94. The maximum atomic E-state index is 11.9. The zero-order valence-electron chi connectivity index (χ0n) is 35.4. The quantitative estimate of drug-likeness (QED) is 0.113. The zero-order chi connectivity index (χ0) is 45.1. The van der Waals surface area contributed by atoms with Crippen molar-refractivity contribution in [2.45, 2.75) is 0 Å². The first-order chi connectivity index (χ1) is 32.3. The van der Waals surface area contributed by atoms with Crippen LogP contribution in [0.3, 0.4) is 0 Å². The summed E-state index contributed by atoms with van der Waals surface area (Å²) in [6.07, 6.45) is 7.88. The minimum Gasteiger partial charge on any atom is -0.496 e. The summed E-state index contributed by atoms with van der Waals surface area (Å²) in [4.78, 5) is 41.2. The van der Waals surface area contributed by atoms with Crippen molar-refractivity contribution in [3.8, 4) is 56.0 Å². The van der Waals surface area contributed by atoms with E-state index in [0.29, 0.717) is 56.4 Å². The van der Waals surface area contributed by atoms with E-state index < -0.39 is 9.85 Å². The van der Waals surface area contributed by atoms with Crippen LogP contribution in [0.1, 0.15) is 22.8 Å². The Kier molecular flexibility index (Phi) is 9.54. The van der Waals surface area contributed by atoms with Gasteiger partial charge < -0.3 is 19.4 Å². The molecule has 0 saturated heterocycles. The number of benzene rings is 6. The molecule has 8 bridgehead atoms. The van der Waals surface area contributed by atoms with E-state index in [9.17, 15) is 20.2 Å².